The molecule has 23 nitrogen and oxygen atoms in total. The number of non-ortho nitro benzene ring substituents is 2. The summed E-state index contributed by atoms with van der Waals surface area (Å²) in [6.07, 6.45) is 0. The van der Waals surface area contributed by atoms with Crippen LogP contribution in [0.15, 0.2) is 163 Å². The van der Waals surface area contributed by atoms with Crippen molar-refractivity contribution in [3.05, 3.63) is 153 Å². The quantitative estimate of drug-likeness (QED) is 0.0274. The van der Waals surface area contributed by atoms with Gasteiger partial charge in [-0.15, -0.1) is 20.5 Å². The summed E-state index contributed by atoms with van der Waals surface area (Å²) < 4.78 is 94.8. The first-order valence-electron chi connectivity index (χ1n) is 19.2. The van der Waals surface area contributed by atoms with Crippen molar-refractivity contribution in [2.24, 2.45) is 20.5 Å². The molecule has 0 saturated heterocycles. The Bertz CT molecular complexity index is 3870. The predicted octanol–water partition coefficient (Wildman–Crippen LogP) is 10.0. The third-order valence-electron chi connectivity index (χ3n) is 10.00. The van der Waals surface area contributed by atoms with Gasteiger partial charge in [0, 0.05) is 80.3 Å². The number of phenolic OH excluding ortho intramolecular Hbond substituents is 4. The number of anilines is 1. The van der Waals surface area contributed by atoms with Gasteiger partial charge in [0.15, 0.2) is 5.75 Å². The van der Waals surface area contributed by atoms with Crippen LogP contribution in [0, 0.1) is 27.2 Å². The van der Waals surface area contributed by atoms with Crippen LogP contribution in [0.25, 0.3) is 32.3 Å². The molecule has 7 N–H and O–H groups in total. The van der Waals surface area contributed by atoms with E-state index in [2.05, 4.69) is 25.2 Å². The van der Waals surface area contributed by atoms with Gasteiger partial charge in [-0.05, 0) is 60.8 Å². The van der Waals surface area contributed by atoms with Gasteiger partial charge < -0.3 is 20.4 Å². The predicted molar refractivity (Wildman–Crippen MR) is 249 cm³/mol. The van der Waals surface area contributed by atoms with E-state index < -0.39 is 84.2 Å². The van der Waals surface area contributed by atoms with Gasteiger partial charge in [0.05, 0.1) is 14.7 Å². The molecule has 0 aliphatic rings. The number of benzene rings is 8. The average Bonchev–Trinajstić information content (AvgIpc) is 3.28. The molecule has 358 valence electrons. The fourth-order valence-corrected chi connectivity index (χ4v) is 9.17. The molecule has 0 atom stereocenters. The molecule has 0 unspecified atom stereocenters. The van der Waals surface area contributed by atoms with E-state index in [-0.39, 0.29) is 73.7 Å². The molecule has 0 amide bonds. The Kier molecular flexibility index (Phi) is 14.5. The number of nitro benzene ring substituents is 2. The number of aryl methyl sites for hydroxylation is 1. The molecule has 8 rings (SSSR count). The van der Waals surface area contributed by atoms with Crippen molar-refractivity contribution in [1.29, 1.82) is 0 Å². The van der Waals surface area contributed by atoms with Crippen molar-refractivity contribution in [3.63, 3.8) is 0 Å². The first-order chi connectivity index (χ1) is 32.4. The zero-order valence-corrected chi connectivity index (χ0v) is 38.9. The van der Waals surface area contributed by atoms with Gasteiger partial charge in [-0.1, -0.05) is 54.1 Å². The van der Waals surface area contributed by atoms with Crippen molar-refractivity contribution >= 4 is 102 Å². The molecule has 0 spiro atoms. The van der Waals surface area contributed by atoms with Crippen LogP contribution in [0.3, 0.4) is 0 Å². The number of hydrogen-bond acceptors (Lipinski definition) is 18. The number of nitrogens with one attached hydrogen (secondary N) is 1. The summed E-state index contributed by atoms with van der Waals surface area (Å²) in [5, 5.41) is 79.6. The SMILES string of the molecule is Cc1ccc(S(=O)(=O)Nc2ccc3c(S(=O)(=O)O)cc(N=Nc4cc([N+](=O)[O-])ccc4O)c(O)c3c2)cc1.O=[N+]([O-])c1ccc2c(N=Nc3c(O)ccc4ccccc34)c(O)cc(S(=O)(=O)O)c2c1.[Cr].[H+]. The number of phenols is 4. The maximum absolute atomic E-state index is 12.8. The van der Waals surface area contributed by atoms with Crippen molar-refractivity contribution < 1.29 is 83.4 Å². The number of hydrogen-bond donors (Lipinski definition) is 7. The third-order valence-corrected chi connectivity index (χ3v) is 13.2. The fraction of sp³-hybridized carbons (Fsp3) is 0.0233. The second-order valence-corrected chi connectivity index (χ2v) is 19.0. The van der Waals surface area contributed by atoms with E-state index in [1.165, 1.54) is 36.4 Å². The molecule has 0 aliphatic heterocycles. The topological polar surface area (TPSA) is 372 Å². The van der Waals surface area contributed by atoms with E-state index in [4.69, 9.17) is 0 Å². The smallest absolute Gasteiger partial charge is 0.506 e. The summed E-state index contributed by atoms with van der Waals surface area (Å²) in [7, 11) is -13.7. The summed E-state index contributed by atoms with van der Waals surface area (Å²) >= 11 is 0. The van der Waals surface area contributed by atoms with Gasteiger partial charge in [0.2, 0.25) is 0 Å². The Morgan fingerprint density at radius 2 is 1.09 bits per heavy atom. The average molecular weight is 1050 g/mol. The Hall–Kier alpha value is -8.16. The molecule has 0 aliphatic carbocycles. The van der Waals surface area contributed by atoms with Crippen LogP contribution in [-0.4, -0.2) is 64.6 Å². The standard InChI is InChI=1S/C23H18N4O9S2.C20H13N3O7S.Cr/c1-13-2-6-16(7-3-13)37(32,33)26-14-4-8-17-18(10-14)23(29)20(12-22(17)38(34,35)36)25-24-19-11-15(27(30)31)5-9-21(19)28;24-16-8-5-11-3-1-2-4-13(11)19(16)21-22-20-14-7-6-12(23(26)27)9-15(14)18(10-17(20)25)31(28,29)30;/h2-12,26,28-29H,1H3,(H,34,35,36);1-10,24-25H,(H,28,29,30);/p+1. The molecule has 70 heavy (non-hydrogen) atoms. The van der Waals surface area contributed by atoms with E-state index in [0.717, 1.165) is 59.5 Å². The van der Waals surface area contributed by atoms with E-state index in [1.807, 2.05) is 0 Å². The molecule has 0 saturated carbocycles. The first-order valence-corrected chi connectivity index (χ1v) is 23.6. The molecule has 0 heterocycles. The Labute approximate surface area is 406 Å². The van der Waals surface area contributed by atoms with E-state index in [1.54, 1.807) is 49.4 Å². The summed E-state index contributed by atoms with van der Waals surface area (Å²) in [4.78, 5) is 19.2. The van der Waals surface area contributed by atoms with Crippen LogP contribution in [0.1, 0.15) is 6.99 Å². The van der Waals surface area contributed by atoms with Crippen LogP contribution in [0.4, 0.5) is 39.8 Å². The largest absolute Gasteiger partial charge is 1.00 e. The van der Waals surface area contributed by atoms with Crippen LogP contribution >= 0.6 is 0 Å². The Morgan fingerprint density at radius 3 is 1.73 bits per heavy atom. The fourth-order valence-electron chi connectivity index (χ4n) is 6.69. The maximum atomic E-state index is 12.8. The molecule has 8 aromatic rings. The van der Waals surface area contributed by atoms with Gasteiger partial charge >= 0.3 is 1.43 Å². The van der Waals surface area contributed by atoms with Gasteiger partial charge in [-0.3, -0.25) is 34.1 Å². The second-order valence-electron chi connectivity index (χ2n) is 14.6. The van der Waals surface area contributed by atoms with Gasteiger partial charge in [0.1, 0.15) is 49.8 Å². The van der Waals surface area contributed by atoms with Crippen molar-refractivity contribution in [2.45, 2.75) is 21.6 Å². The minimum atomic E-state index is -4.86. The van der Waals surface area contributed by atoms with E-state index in [9.17, 15) is 75.0 Å². The Morgan fingerprint density at radius 1 is 0.529 bits per heavy atom. The van der Waals surface area contributed by atoms with Gasteiger partial charge in [0.25, 0.3) is 41.6 Å². The monoisotopic (exact) mass is 1050 g/mol. The van der Waals surface area contributed by atoms with Gasteiger partial charge in [-0.25, -0.2) is 8.42 Å². The normalized spacial score (nSPS) is 11.9. The number of fused-ring (bicyclic) bond motifs is 3. The zero-order chi connectivity index (χ0) is 50.2. The number of nitro groups is 2. The minimum Gasteiger partial charge on any atom is -0.506 e. The number of nitrogens with zero attached hydrogens (tertiary/aromatic N) is 6. The number of rotatable bonds is 11. The van der Waals surface area contributed by atoms with Crippen LogP contribution in [-0.2, 0) is 47.6 Å². The zero-order valence-electron chi connectivity index (χ0n) is 36.2. The van der Waals surface area contributed by atoms with Crippen LogP contribution in [0.2, 0.25) is 0 Å². The number of azo groups is 2. The van der Waals surface area contributed by atoms with E-state index >= 15 is 0 Å². The molecule has 27 heteroatoms. The van der Waals surface area contributed by atoms with Crippen molar-refractivity contribution in [2.75, 3.05) is 4.72 Å². The first kappa shape index (κ1) is 51.2. The summed E-state index contributed by atoms with van der Waals surface area (Å²) in [6.45, 7) is 1.79. The van der Waals surface area contributed by atoms with E-state index in [0.29, 0.717) is 5.39 Å². The van der Waals surface area contributed by atoms with Gasteiger partial charge in [-0.2, -0.15) is 16.8 Å². The molecule has 0 radical (unpaired) electrons. The molecule has 0 bridgehead atoms. The van der Waals surface area contributed by atoms with Crippen molar-refractivity contribution in [1.82, 2.24) is 0 Å². The molecule has 0 aromatic heterocycles. The third kappa shape index (κ3) is 10.9. The maximum Gasteiger partial charge on any atom is 1.00 e. The van der Waals surface area contributed by atoms with Crippen molar-refractivity contribution in [3.8, 4) is 23.0 Å². The minimum absolute atomic E-state index is 0. The molecular formula is C43H32CrN7O16S3+. The second kappa shape index (κ2) is 19.8. The molecule has 0 fully saturated rings. The summed E-state index contributed by atoms with van der Waals surface area (Å²) in [5.41, 5.74) is -0.948. The Balaban J connectivity index is 0.000000262. The number of aromatic hydroxyl groups is 4. The summed E-state index contributed by atoms with van der Waals surface area (Å²) in [5.74, 6) is -1.92. The van der Waals surface area contributed by atoms with Crippen LogP contribution < -0.4 is 4.72 Å². The summed E-state index contributed by atoms with van der Waals surface area (Å²) in [6, 6.07) is 27.5. The molecular weight excluding hydrogens is 1020 g/mol. The number of sulfonamides is 1. The molecule has 8 aromatic carbocycles. The van der Waals surface area contributed by atoms with Crippen LogP contribution in [0.5, 0.6) is 23.0 Å².